The lowest BCUT2D eigenvalue weighted by Gasteiger charge is -2.43. The molecule has 2 aliphatic heterocycles. The molecule has 0 amide bonds. The van der Waals surface area contributed by atoms with Crippen molar-refractivity contribution in [2.45, 2.75) is 50.0 Å². The minimum atomic E-state index is -0.208. The zero-order chi connectivity index (χ0) is 17.8. The molecule has 1 spiro atoms. The van der Waals surface area contributed by atoms with Gasteiger partial charge in [-0.05, 0) is 43.7 Å². The van der Waals surface area contributed by atoms with Gasteiger partial charge >= 0.3 is 6.01 Å². The quantitative estimate of drug-likeness (QED) is 0.747. The van der Waals surface area contributed by atoms with E-state index in [1.54, 1.807) is 0 Å². The van der Waals surface area contributed by atoms with Crippen LogP contribution in [0.1, 0.15) is 55.2 Å². The summed E-state index contributed by atoms with van der Waals surface area (Å²) in [6.45, 7) is 2.55. The summed E-state index contributed by atoms with van der Waals surface area (Å²) in [7, 11) is 0. The Kier molecular flexibility index (Phi) is 3.39. The van der Waals surface area contributed by atoms with E-state index in [2.05, 4.69) is 44.3 Å². The Morgan fingerprint density at radius 2 is 1.96 bits per heavy atom. The lowest BCUT2D eigenvalue weighted by molar-refractivity contribution is -0.0794. The second kappa shape index (κ2) is 5.83. The lowest BCUT2D eigenvalue weighted by Crippen LogP contribution is -2.47. The van der Waals surface area contributed by atoms with Crippen LogP contribution in [-0.2, 0) is 16.8 Å². The number of benzene rings is 1. The first kappa shape index (κ1) is 15.7. The summed E-state index contributed by atoms with van der Waals surface area (Å²) < 4.78 is 12.4. The van der Waals surface area contributed by atoms with Crippen LogP contribution in [0.5, 0.6) is 0 Å². The number of hydrogen-bond donors (Lipinski definition) is 1. The zero-order valence-corrected chi connectivity index (χ0v) is 15.4. The summed E-state index contributed by atoms with van der Waals surface area (Å²) >= 11 is 0. The fourth-order valence-electron chi connectivity index (χ4n) is 4.90. The molecule has 1 N–H and O–H groups in total. The van der Waals surface area contributed by atoms with Crippen molar-refractivity contribution in [3.05, 3.63) is 41.4 Å². The average molecular weight is 364 g/mol. The van der Waals surface area contributed by atoms with E-state index in [1.165, 1.54) is 41.4 Å². The lowest BCUT2D eigenvalue weighted by atomic mass is 9.83. The van der Waals surface area contributed by atoms with Crippen molar-refractivity contribution in [2.75, 3.05) is 24.6 Å². The Balaban J connectivity index is 1.26. The van der Waals surface area contributed by atoms with Gasteiger partial charge in [-0.3, -0.25) is 0 Å². The van der Waals surface area contributed by atoms with Crippen LogP contribution >= 0.6 is 0 Å². The molecular formula is C21H24N4O2. The molecule has 140 valence electrons. The summed E-state index contributed by atoms with van der Waals surface area (Å²) in [4.78, 5) is 5.89. The van der Waals surface area contributed by atoms with E-state index in [0.717, 1.165) is 44.8 Å². The number of nitrogens with zero attached hydrogens (tertiary/aromatic N) is 3. The molecule has 0 radical (unpaired) electrons. The molecule has 3 aliphatic rings. The molecule has 2 fully saturated rings. The zero-order valence-electron chi connectivity index (χ0n) is 15.4. The molecule has 2 aromatic heterocycles. The van der Waals surface area contributed by atoms with E-state index in [0.29, 0.717) is 11.9 Å². The smallest absolute Gasteiger partial charge is 0.318 e. The van der Waals surface area contributed by atoms with E-state index < -0.39 is 0 Å². The van der Waals surface area contributed by atoms with Gasteiger partial charge in [0.05, 0.1) is 12.3 Å². The van der Waals surface area contributed by atoms with Gasteiger partial charge in [-0.1, -0.05) is 29.7 Å². The van der Waals surface area contributed by atoms with E-state index in [4.69, 9.17) is 9.15 Å². The standard InChI is InChI=1S/C21H24N4O2/c1-2-7-17-15(6-1)16-8-13-26-21(18(16)22-17)9-11-25(12-10-21)20-24-23-19(27-20)14-4-3-5-14/h1-2,6-7,14,22H,3-5,8-13H2. The van der Waals surface area contributed by atoms with Crippen LogP contribution in [0.3, 0.4) is 0 Å². The minimum Gasteiger partial charge on any atom is -0.408 e. The first-order chi connectivity index (χ1) is 13.3. The molecule has 1 aromatic carbocycles. The number of fused-ring (bicyclic) bond motifs is 4. The molecule has 3 aromatic rings. The third kappa shape index (κ3) is 2.35. The molecule has 0 bridgehead atoms. The van der Waals surface area contributed by atoms with Gasteiger partial charge in [0.2, 0.25) is 5.89 Å². The number of para-hydroxylation sites is 1. The average Bonchev–Trinajstić information content (AvgIpc) is 3.27. The number of anilines is 1. The monoisotopic (exact) mass is 364 g/mol. The SMILES string of the molecule is c1ccc2c3c([nH]c2c1)C1(CCN(c2nnc(C4CCC4)o2)CC1)OCC3. The van der Waals surface area contributed by atoms with Crippen LogP contribution in [-0.4, -0.2) is 34.9 Å². The number of hydrogen-bond acceptors (Lipinski definition) is 5. The fraction of sp³-hybridized carbons (Fsp3) is 0.524. The highest BCUT2D eigenvalue weighted by molar-refractivity contribution is 5.85. The Hall–Kier alpha value is -2.34. The number of aromatic nitrogens is 3. The molecule has 27 heavy (non-hydrogen) atoms. The predicted molar refractivity (Wildman–Crippen MR) is 102 cm³/mol. The molecule has 0 unspecified atom stereocenters. The second-order valence-electron chi connectivity index (χ2n) is 8.15. The molecule has 6 rings (SSSR count). The van der Waals surface area contributed by atoms with Gasteiger partial charge in [-0.15, -0.1) is 5.10 Å². The molecule has 1 aliphatic carbocycles. The summed E-state index contributed by atoms with van der Waals surface area (Å²) in [6.07, 6.45) is 6.50. The van der Waals surface area contributed by atoms with Crippen molar-refractivity contribution in [3.8, 4) is 0 Å². The molecule has 6 heteroatoms. The maximum absolute atomic E-state index is 6.39. The van der Waals surface area contributed by atoms with Crippen LogP contribution in [0.15, 0.2) is 28.7 Å². The van der Waals surface area contributed by atoms with Gasteiger partial charge in [-0.25, -0.2) is 0 Å². The van der Waals surface area contributed by atoms with Crippen LogP contribution in [0.25, 0.3) is 10.9 Å². The number of ether oxygens (including phenoxy) is 1. The van der Waals surface area contributed by atoms with Crippen LogP contribution < -0.4 is 4.90 Å². The third-order valence-electron chi connectivity index (χ3n) is 6.73. The molecule has 1 saturated carbocycles. The van der Waals surface area contributed by atoms with Crippen molar-refractivity contribution in [1.82, 2.24) is 15.2 Å². The second-order valence-corrected chi connectivity index (χ2v) is 8.15. The molecule has 1 saturated heterocycles. The van der Waals surface area contributed by atoms with Crippen molar-refractivity contribution < 1.29 is 9.15 Å². The summed E-state index contributed by atoms with van der Waals surface area (Å²) in [6, 6.07) is 9.28. The summed E-state index contributed by atoms with van der Waals surface area (Å²) in [5, 5.41) is 9.95. The first-order valence-corrected chi connectivity index (χ1v) is 10.1. The number of nitrogens with one attached hydrogen (secondary N) is 1. The number of H-pyrrole nitrogens is 1. The van der Waals surface area contributed by atoms with Crippen LogP contribution in [0, 0.1) is 0 Å². The predicted octanol–water partition coefficient (Wildman–Crippen LogP) is 3.89. The first-order valence-electron chi connectivity index (χ1n) is 10.1. The minimum absolute atomic E-state index is 0.208. The molecule has 4 heterocycles. The summed E-state index contributed by atoms with van der Waals surface area (Å²) in [5.41, 5.74) is 3.74. The van der Waals surface area contributed by atoms with E-state index in [9.17, 15) is 0 Å². The van der Waals surface area contributed by atoms with Crippen molar-refractivity contribution >= 4 is 16.9 Å². The van der Waals surface area contributed by atoms with Gasteiger partial charge in [-0.2, -0.15) is 0 Å². The Bertz CT molecular complexity index is 979. The summed E-state index contributed by atoms with van der Waals surface area (Å²) in [5.74, 6) is 1.31. The maximum Gasteiger partial charge on any atom is 0.318 e. The normalized spacial score (nSPS) is 22.1. The highest BCUT2D eigenvalue weighted by atomic mass is 16.5. The third-order valence-corrected chi connectivity index (χ3v) is 6.73. The number of piperidine rings is 1. The Morgan fingerprint density at radius 1 is 1.11 bits per heavy atom. The van der Waals surface area contributed by atoms with E-state index in [1.807, 2.05) is 0 Å². The Morgan fingerprint density at radius 3 is 2.78 bits per heavy atom. The van der Waals surface area contributed by atoms with Crippen molar-refractivity contribution in [3.63, 3.8) is 0 Å². The van der Waals surface area contributed by atoms with Crippen molar-refractivity contribution in [2.24, 2.45) is 0 Å². The highest BCUT2D eigenvalue weighted by Crippen LogP contribution is 2.44. The Labute approximate surface area is 157 Å². The number of aromatic amines is 1. The highest BCUT2D eigenvalue weighted by Gasteiger charge is 2.43. The number of rotatable bonds is 2. The van der Waals surface area contributed by atoms with Gasteiger partial charge < -0.3 is 19.0 Å². The molecule has 6 nitrogen and oxygen atoms in total. The van der Waals surface area contributed by atoms with Gasteiger partial charge in [0.1, 0.15) is 5.60 Å². The molecular weight excluding hydrogens is 340 g/mol. The topological polar surface area (TPSA) is 67.2 Å². The molecule has 0 atom stereocenters. The van der Waals surface area contributed by atoms with Gasteiger partial charge in [0.15, 0.2) is 0 Å². The van der Waals surface area contributed by atoms with Crippen LogP contribution in [0.2, 0.25) is 0 Å². The van der Waals surface area contributed by atoms with E-state index >= 15 is 0 Å². The largest absolute Gasteiger partial charge is 0.408 e. The van der Waals surface area contributed by atoms with E-state index in [-0.39, 0.29) is 5.60 Å². The maximum atomic E-state index is 6.39. The van der Waals surface area contributed by atoms with Gasteiger partial charge in [0, 0.05) is 29.9 Å². The van der Waals surface area contributed by atoms with Crippen LogP contribution in [0.4, 0.5) is 6.01 Å². The fourth-order valence-corrected chi connectivity index (χ4v) is 4.90. The van der Waals surface area contributed by atoms with Crippen molar-refractivity contribution in [1.29, 1.82) is 0 Å². The van der Waals surface area contributed by atoms with Gasteiger partial charge in [0.25, 0.3) is 0 Å².